The molecule has 4 heteroatoms. The molecule has 1 aliphatic rings. The second kappa shape index (κ2) is 6.36. The van der Waals surface area contributed by atoms with Crippen molar-refractivity contribution in [1.82, 2.24) is 10.2 Å². The lowest BCUT2D eigenvalue weighted by Crippen LogP contribution is -2.50. The first-order valence-electron chi connectivity index (χ1n) is 6.57. The molecule has 0 heterocycles. The average molecular weight is 242 g/mol. The van der Waals surface area contributed by atoms with Gasteiger partial charge in [0.25, 0.3) is 0 Å². The number of nitrogens with one attached hydrogen (secondary N) is 1. The molecule has 1 aliphatic carbocycles. The number of hydrogen-bond donors (Lipinski definition) is 1. The van der Waals surface area contributed by atoms with Crippen LogP contribution in [0.2, 0.25) is 0 Å². The van der Waals surface area contributed by atoms with E-state index in [9.17, 15) is 4.79 Å². The number of methoxy groups -OCH3 is 1. The predicted octanol–water partition coefficient (Wildman–Crippen LogP) is 1.40. The first-order chi connectivity index (χ1) is 8.03. The molecule has 0 aromatic carbocycles. The summed E-state index contributed by atoms with van der Waals surface area (Å²) in [6.45, 7) is 5.78. The Morgan fingerprint density at radius 1 is 1.53 bits per heavy atom. The van der Waals surface area contributed by atoms with Crippen molar-refractivity contribution in [2.75, 3.05) is 27.2 Å². The Kier molecular flexibility index (Phi) is 5.40. The van der Waals surface area contributed by atoms with Gasteiger partial charge < -0.3 is 15.0 Å². The van der Waals surface area contributed by atoms with Crippen molar-refractivity contribution in [3.63, 3.8) is 0 Å². The highest BCUT2D eigenvalue weighted by Gasteiger charge is 2.33. The Morgan fingerprint density at radius 2 is 2.18 bits per heavy atom. The zero-order chi connectivity index (χ0) is 12.9. The molecule has 0 radical (unpaired) electrons. The van der Waals surface area contributed by atoms with Crippen molar-refractivity contribution >= 4 is 5.97 Å². The molecule has 1 saturated carbocycles. The van der Waals surface area contributed by atoms with E-state index in [0.717, 1.165) is 32.0 Å². The van der Waals surface area contributed by atoms with Crippen LogP contribution in [0.3, 0.4) is 0 Å². The van der Waals surface area contributed by atoms with Crippen molar-refractivity contribution < 1.29 is 9.53 Å². The van der Waals surface area contributed by atoms with Gasteiger partial charge in [-0.1, -0.05) is 6.92 Å². The zero-order valence-electron chi connectivity index (χ0n) is 11.6. The molecule has 0 aromatic heterocycles. The maximum atomic E-state index is 11.7. The van der Waals surface area contributed by atoms with Gasteiger partial charge in [-0.2, -0.15) is 0 Å². The summed E-state index contributed by atoms with van der Waals surface area (Å²) in [5.41, 5.74) is -0.534. The van der Waals surface area contributed by atoms with E-state index in [1.54, 1.807) is 0 Å². The summed E-state index contributed by atoms with van der Waals surface area (Å²) in [4.78, 5) is 14.1. The van der Waals surface area contributed by atoms with Crippen LogP contribution >= 0.6 is 0 Å². The predicted molar refractivity (Wildman–Crippen MR) is 69.0 cm³/mol. The molecule has 0 bridgehead atoms. The van der Waals surface area contributed by atoms with Crippen molar-refractivity contribution in [3.8, 4) is 0 Å². The van der Waals surface area contributed by atoms with Crippen molar-refractivity contribution in [2.45, 2.75) is 51.1 Å². The summed E-state index contributed by atoms with van der Waals surface area (Å²) in [6, 6.07) is 0.790. The Balaban J connectivity index is 2.34. The van der Waals surface area contributed by atoms with E-state index in [0.29, 0.717) is 0 Å². The van der Waals surface area contributed by atoms with Crippen LogP contribution in [-0.4, -0.2) is 49.7 Å². The monoisotopic (exact) mass is 242 g/mol. The van der Waals surface area contributed by atoms with Gasteiger partial charge in [-0.3, -0.25) is 4.79 Å². The molecule has 0 aliphatic heterocycles. The topological polar surface area (TPSA) is 41.6 Å². The van der Waals surface area contributed by atoms with Crippen molar-refractivity contribution in [2.24, 2.45) is 0 Å². The van der Waals surface area contributed by atoms with Gasteiger partial charge in [-0.05, 0) is 52.7 Å². The number of carbonyl (C=O) groups excluding carboxylic acids is 1. The normalized spacial score (nSPS) is 19.1. The maximum absolute atomic E-state index is 11.7. The highest BCUT2D eigenvalue weighted by molar-refractivity contribution is 5.80. The van der Waals surface area contributed by atoms with Crippen LogP contribution in [0.15, 0.2) is 0 Å². The molecule has 1 fully saturated rings. The van der Waals surface area contributed by atoms with Crippen LogP contribution in [0.25, 0.3) is 0 Å². The van der Waals surface area contributed by atoms with E-state index in [1.807, 2.05) is 13.8 Å². The van der Waals surface area contributed by atoms with Crippen LogP contribution in [0, 0.1) is 0 Å². The fourth-order valence-corrected chi connectivity index (χ4v) is 2.26. The minimum absolute atomic E-state index is 0.159. The summed E-state index contributed by atoms with van der Waals surface area (Å²) in [5.74, 6) is -0.159. The van der Waals surface area contributed by atoms with Crippen LogP contribution in [0.1, 0.15) is 39.5 Å². The molecule has 0 saturated heterocycles. The van der Waals surface area contributed by atoms with Crippen LogP contribution in [0.4, 0.5) is 0 Å². The molecule has 1 rings (SSSR count). The number of likely N-dealkylation sites (N-methyl/N-ethyl adjacent to an activating group) is 1. The summed E-state index contributed by atoms with van der Waals surface area (Å²) in [6.07, 6.45) is 4.51. The average Bonchev–Trinajstić information content (AvgIpc) is 3.12. The molecule has 1 atom stereocenters. The van der Waals surface area contributed by atoms with E-state index < -0.39 is 5.54 Å². The molecular formula is C13H26N2O2. The molecule has 100 valence electrons. The van der Waals surface area contributed by atoms with Crippen LogP contribution < -0.4 is 5.32 Å². The van der Waals surface area contributed by atoms with E-state index in [4.69, 9.17) is 4.74 Å². The minimum Gasteiger partial charge on any atom is -0.468 e. The molecule has 1 N–H and O–H groups in total. The quantitative estimate of drug-likeness (QED) is 0.653. The third kappa shape index (κ3) is 4.28. The molecule has 0 amide bonds. The summed E-state index contributed by atoms with van der Waals surface area (Å²) < 4.78 is 4.87. The second-order valence-corrected chi connectivity index (χ2v) is 5.17. The molecular weight excluding hydrogens is 216 g/mol. The maximum Gasteiger partial charge on any atom is 0.325 e. The van der Waals surface area contributed by atoms with Gasteiger partial charge in [0.1, 0.15) is 5.54 Å². The summed E-state index contributed by atoms with van der Waals surface area (Å²) in [7, 11) is 3.62. The van der Waals surface area contributed by atoms with Gasteiger partial charge in [0.05, 0.1) is 7.11 Å². The van der Waals surface area contributed by atoms with Crippen LogP contribution in [-0.2, 0) is 9.53 Å². The van der Waals surface area contributed by atoms with Gasteiger partial charge in [0, 0.05) is 6.04 Å². The Hall–Kier alpha value is -0.610. The first-order valence-corrected chi connectivity index (χ1v) is 6.57. The van der Waals surface area contributed by atoms with Gasteiger partial charge in [-0.25, -0.2) is 0 Å². The Bertz CT molecular complexity index is 254. The zero-order valence-corrected chi connectivity index (χ0v) is 11.6. The van der Waals surface area contributed by atoms with E-state index >= 15 is 0 Å². The SMILES string of the molecule is CCNC(C)(CCCN(C)C1CC1)C(=O)OC. The Labute approximate surface area is 105 Å². The smallest absolute Gasteiger partial charge is 0.325 e. The highest BCUT2D eigenvalue weighted by atomic mass is 16.5. The standard InChI is InChI=1S/C13H26N2O2/c1-5-14-13(2,12(16)17-4)9-6-10-15(3)11-7-8-11/h11,14H,5-10H2,1-4H3. The van der Waals surface area contributed by atoms with E-state index in [-0.39, 0.29) is 5.97 Å². The number of esters is 1. The van der Waals surface area contributed by atoms with Crippen molar-refractivity contribution in [1.29, 1.82) is 0 Å². The molecule has 17 heavy (non-hydrogen) atoms. The number of ether oxygens (including phenoxy) is 1. The Morgan fingerprint density at radius 3 is 2.65 bits per heavy atom. The third-order valence-corrected chi connectivity index (χ3v) is 3.56. The van der Waals surface area contributed by atoms with Gasteiger partial charge in [0.2, 0.25) is 0 Å². The molecule has 0 aromatic rings. The second-order valence-electron chi connectivity index (χ2n) is 5.17. The molecule has 0 spiro atoms. The number of hydrogen-bond acceptors (Lipinski definition) is 4. The number of carbonyl (C=O) groups is 1. The third-order valence-electron chi connectivity index (χ3n) is 3.56. The van der Waals surface area contributed by atoms with Gasteiger partial charge >= 0.3 is 5.97 Å². The van der Waals surface area contributed by atoms with Crippen LogP contribution in [0.5, 0.6) is 0 Å². The summed E-state index contributed by atoms with van der Waals surface area (Å²) >= 11 is 0. The van der Waals surface area contributed by atoms with Crippen molar-refractivity contribution in [3.05, 3.63) is 0 Å². The fraction of sp³-hybridized carbons (Fsp3) is 0.923. The lowest BCUT2D eigenvalue weighted by atomic mass is 9.95. The summed E-state index contributed by atoms with van der Waals surface area (Å²) in [5, 5.41) is 3.24. The lowest BCUT2D eigenvalue weighted by molar-refractivity contribution is -0.148. The molecule has 4 nitrogen and oxygen atoms in total. The molecule has 1 unspecified atom stereocenters. The highest BCUT2D eigenvalue weighted by Crippen LogP contribution is 2.26. The fourth-order valence-electron chi connectivity index (χ4n) is 2.26. The first kappa shape index (κ1) is 14.5. The lowest BCUT2D eigenvalue weighted by Gasteiger charge is -2.28. The van der Waals surface area contributed by atoms with Gasteiger partial charge in [0.15, 0.2) is 0 Å². The largest absolute Gasteiger partial charge is 0.468 e. The van der Waals surface area contributed by atoms with Gasteiger partial charge in [-0.15, -0.1) is 0 Å². The van der Waals surface area contributed by atoms with E-state index in [1.165, 1.54) is 20.0 Å². The minimum atomic E-state index is -0.534. The number of rotatable bonds is 8. The number of nitrogens with zero attached hydrogens (tertiary/aromatic N) is 1. The van der Waals surface area contributed by atoms with E-state index in [2.05, 4.69) is 17.3 Å².